The standard InChI is InChI=1S/C27H26F4/c1-2-3-4-5-6-18-7-12-23-21(15-18)8-9-22-16-19(10-13-24(22)23)20-11-14-25(26(28)17-20)27(29,30)31/h7,10-17H,2-6,8-9H2,1H3. The van der Waals surface area contributed by atoms with Crippen LogP contribution in [0.1, 0.15) is 54.9 Å². The van der Waals surface area contributed by atoms with Gasteiger partial charge < -0.3 is 0 Å². The van der Waals surface area contributed by atoms with Crippen molar-refractivity contribution >= 4 is 0 Å². The summed E-state index contributed by atoms with van der Waals surface area (Å²) in [7, 11) is 0. The molecule has 0 nitrogen and oxygen atoms in total. The number of hydrogen-bond donors (Lipinski definition) is 0. The van der Waals surface area contributed by atoms with Crippen LogP contribution in [-0.2, 0) is 25.4 Å². The van der Waals surface area contributed by atoms with Crippen LogP contribution in [0, 0.1) is 5.82 Å². The molecule has 0 spiro atoms. The van der Waals surface area contributed by atoms with Gasteiger partial charge in [0.05, 0.1) is 5.56 Å². The first-order chi connectivity index (χ1) is 14.9. The highest BCUT2D eigenvalue weighted by Gasteiger charge is 2.34. The third-order valence-electron chi connectivity index (χ3n) is 6.16. The number of benzene rings is 3. The molecule has 4 heteroatoms. The Balaban J connectivity index is 1.58. The predicted octanol–water partition coefficient (Wildman–Crippen LogP) is 8.40. The number of alkyl halides is 3. The Kier molecular flexibility index (Phi) is 6.17. The van der Waals surface area contributed by atoms with Gasteiger partial charge in [0.25, 0.3) is 0 Å². The SMILES string of the molecule is CCCCCCc1ccc2c(c1)CCc1cc(-c3ccc(C(F)(F)F)c(F)c3)ccc1-2. The second kappa shape index (κ2) is 8.86. The molecule has 0 N–H and O–H groups in total. The summed E-state index contributed by atoms with van der Waals surface area (Å²) in [6.45, 7) is 2.22. The van der Waals surface area contributed by atoms with Crippen LogP contribution in [-0.4, -0.2) is 0 Å². The average Bonchev–Trinajstić information content (AvgIpc) is 2.75. The molecule has 1 aliphatic rings. The minimum Gasteiger partial charge on any atom is -0.206 e. The van der Waals surface area contributed by atoms with E-state index in [0.29, 0.717) is 5.56 Å². The third-order valence-corrected chi connectivity index (χ3v) is 6.16. The van der Waals surface area contributed by atoms with Gasteiger partial charge in [-0.3, -0.25) is 0 Å². The molecule has 4 rings (SSSR count). The monoisotopic (exact) mass is 426 g/mol. The van der Waals surface area contributed by atoms with Crippen molar-refractivity contribution in [2.45, 2.75) is 58.0 Å². The first-order valence-electron chi connectivity index (χ1n) is 11.0. The van der Waals surface area contributed by atoms with Crippen LogP contribution in [0.25, 0.3) is 22.3 Å². The number of fused-ring (bicyclic) bond motifs is 3. The number of halogens is 4. The summed E-state index contributed by atoms with van der Waals surface area (Å²) in [5, 5.41) is 0. The molecule has 0 atom stereocenters. The Morgan fingerprint density at radius 3 is 2.06 bits per heavy atom. The lowest BCUT2D eigenvalue weighted by Gasteiger charge is -2.22. The summed E-state index contributed by atoms with van der Waals surface area (Å²) in [4.78, 5) is 0. The van der Waals surface area contributed by atoms with Gasteiger partial charge in [-0.15, -0.1) is 0 Å². The molecule has 3 aromatic carbocycles. The van der Waals surface area contributed by atoms with Gasteiger partial charge in [0.2, 0.25) is 0 Å². The van der Waals surface area contributed by atoms with Crippen molar-refractivity contribution in [3.8, 4) is 22.3 Å². The Morgan fingerprint density at radius 2 is 1.39 bits per heavy atom. The molecule has 0 unspecified atom stereocenters. The lowest BCUT2D eigenvalue weighted by atomic mass is 9.83. The third kappa shape index (κ3) is 4.68. The molecule has 0 aromatic heterocycles. The summed E-state index contributed by atoms with van der Waals surface area (Å²) in [5.74, 6) is -1.24. The van der Waals surface area contributed by atoms with E-state index >= 15 is 0 Å². The van der Waals surface area contributed by atoms with Crippen molar-refractivity contribution < 1.29 is 17.6 Å². The molecule has 162 valence electrons. The molecule has 0 saturated heterocycles. The molecular formula is C27H26F4. The molecule has 31 heavy (non-hydrogen) atoms. The highest BCUT2D eigenvalue weighted by Crippen LogP contribution is 2.38. The van der Waals surface area contributed by atoms with Gasteiger partial charge in [-0.25, -0.2) is 4.39 Å². The van der Waals surface area contributed by atoms with Crippen LogP contribution in [0.3, 0.4) is 0 Å². The topological polar surface area (TPSA) is 0 Å². The Bertz CT molecular complexity index is 1080. The lowest BCUT2D eigenvalue weighted by molar-refractivity contribution is -0.139. The minimum atomic E-state index is -4.68. The first-order valence-corrected chi connectivity index (χ1v) is 11.0. The second-order valence-corrected chi connectivity index (χ2v) is 8.37. The van der Waals surface area contributed by atoms with E-state index in [1.54, 1.807) is 0 Å². The van der Waals surface area contributed by atoms with E-state index in [0.717, 1.165) is 48.1 Å². The van der Waals surface area contributed by atoms with E-state index in [9.17, 15) is 17.6 Å². The van der Waals surface area contributed by atoms with Crippen molar-refractivity contribution in [3.05, 3.63) is 82.7 Å². The van der Waals surface area contributed by atoms with E-state index in [-0.39, 0.29) is 0 Å². The van der Waals surface area contributed by atoms with Crippen LogP contribution in [0.15, 0.2) is 54.6 Å². The number of unbranched alkanes of at least 4 members (excludes halogenated alkanes) is 3. The van der Waals surface area contributed by atoms with Gasteiger partial charge in [0.1, 0.15) is 5.82 Å². The summed E-state index contributed by atoms with van der Waals surface area (Å²) < 4.78 is 52.5. The Morgan fingerprint density at radius 1 is 0.742 bits per heavy atom. The zero-order chi connectivity index (χ0) is 22.0. The number of aryl methyl sites for hydroxylation is 3. The maximum Gasteiger partial charge on any atom is 0.419 e. The fourth-order valence-corrected chi connectivity index (χ4v) is 4.46. The van der Waals surface area contributed by atoms with Crippen LogP contribution < -0.4 is 0 Å². The molecule has 1 aliphatic carbocycles. The molecule has 0 radical (unpaired) electrons. The molecular weight excluding hydrogens is 400 g/mol. The quantitative estimate of drug-likeness (QED) is 0.274. The Labute approximate surface area is 180 Å². The predicted molar refractivity (Wildman–Crippen MR) is 118 cm³/mol. The molecule has 0 aliphatic heterocycles. The summed E-state index contributed by atoms with van der Waals surface area (Å²) >= 11 is 0. The van der Waals surface area contributed by atoms with Gasteiger partial charge in [0.15, 0.2) is 0 Å². The number of hydrogen-bond acceptors (Lipinski definition) is 0. The smallest absolute Gasteiger partial charge is 0.206 e. The van der Waals surface area contributed by atoms with Crippen LogP contribution in [0.4, 0.5) is 17.6 Å². The van der Waals surface area contributed by atoms with Crippen molar-refractivity contribution in [1.29, 1.82) is 0 Å². The lowest BCUT2D eigenvalue weighted by Crippen LogP contribution is -2.08. The molecule has 0 heterocycles. The normalized spacial score (nSPS) is 13.1. The van der Waals surface area contributed by atoms with Crippen molar-refractivity contribution in [2.75, 3.05) is 0 Å². The van der Waals surface area contributed by atoms with Gasteiger partial charge >= 0.3 is 6.18 Å². The average molecular weight is 426 g/mol. The molecule has 0 bridgehead atoms. The zero-order valence-electron chi connectivity index (χ0n) is 17.7. The highest BCUT2D eigenvalue weighted by molar-refractivity contribution is 5.77. The van der Waals surface area contributed by atoms with E-state index < -0.39 is 17.6 Å². The molecule has 0 fully saturated rings. The zero-order valence-corrected chi connectivity index (χ0v) is 17.7. The highest BCUT2D eigenvalue weighted by atomic mass is 19.4. The van der Waals surface area contributed by atoms with Crippen LogP contribution in [0.5, 0.6) is 0 Å². The van der Waals surface area contributed by atoms with Gasteiger partial charge in [0, 0.05) is 0 Å². The number of rotatable bonds is 6. The maximum absolute atomic E-state index is 14.0. The van der Waals surface area contributed by atoms with E-state index in [1.165, 1.54) is 48.4 Å². The summed E-state index contributed by atoms with van der Waals surface area (Å²) in [6, 6.07) is 15.7. The first kappa shape index (κ1) is 21.6. The van der Waals surface area contributed by atoms with Crippen molar-refractivity contribution in [3.63, 3.8) is 0 Å². The van der Waals surface area contributed by atoms with Gasteiger partial charge in [-0.2, -0.15) is 13.2 Å². The van der Waals surface area contributed by atoms with Crippen LogP contribution in [0.2, 0.25) is 0 Å². The minimum absolute atomic E-state index is 0.460. The van der Waals surface area contributed by atoms with Crippen LogP contribution >= 0.6 is 0 Å². The molecule has 0 amide bonds. The van der Waals surface area contributed by atoms with Crippen molar-refractivity contribution in [1.82, 2.24) is 0 Å². The summed E-state index contributed by atoms with van der Waals surface area (Å²) in [6.07, 6.45) is 3.25. The molecule has 3 aromatic rings. The second-order valence-electron chi connectivity index (χ2n) is 8.37. The largest absolute Gasteiger partial charge is 0.419 e. The maximum atomic E-state index is 14.0. The van der Waals surface area contributed by atoms with E-state index in [4.69, 9.17) is 0 Å². The van der Waals surface area contributed by atoms with Gasteiger partial charge in [-0.05, 0) is 76.8 Å². The molecule has 0 saturated carbocycles. The van der Waals surface area contributed by atoms with E-state index in [2.05, 4.69) is 25.1 Å². The fourth-order valence-electron chi connectivity index (χ4n) is 4.46. The van der Waals surface area contributed by atoms with Gasteiger partial charge in [-0.1, -0.05) is 68.7 Å². The Hall–Kier alpha value is -2.62. The fraction of sp³-hybridized carbons (Fsp3) is 0.333. The van der Waals surface area contributed by atoms with Crippen molar-refractivity contribution in [2.24, 2.45) is 0 Å². The summed E-state index contributed by atoms with van der Waals surface area (Å²) in [5.41, 5.74) is 6.25. The van der Waals surface area contributed by atoms with E-state index in [1.807, 2.05) is 18.2 Å².